The summed E-state index contributed by atoms with van der Waals surface area (Å²) in [6.07, 6.45) is 14.9. The third-order valence-corrected chi connectivity index (χ3v) is 12.9. The fraction of sp³-hybridized carbons (Fsp3) is 0.538. The molecule has 4 heteroatoms. The maximum atomic E-state index is 12.1. The zero-order valence-corrected chi connectivity index (χ0v) is 21.3. The van der Waals surface area contributed by atoms with E-state index in [-0.39, 0.29) is 0 Å². The van der Waals surface area contributed by atoms with Crippen molar-refractivity contribution in [2.75, 3.05) is 24.6 Å². The molecule has 0 aliphatic carbocycles. The van der Waals surface area contributed by atoms with Gasteiger partial charge in [0, 0.05) is 17.9 Å². The van der Waals surface area contributed by atoms with E-state index in [9.17, 15) is 9.46 Å². The fourth-order valence-electron chi connectivity index (χ4n) is 3.69. The Hall–Kier alpha value is -0.940. The van der Waals surface area contributed by atoms with Gasteiger partial charge in [0.2, 0.25) is 0 Å². The summed E-state index contributed by atoms with van der Waals surface area (Å²) in [5.41, 5.74) is 0. The molecule has 0 fully saturated rings. The molecule has 2 rings (SSSR count). The average Bonchev–Trinajstić information content (AvgIpc) is 2.80. The summed E-state index contributed by atoms with van der Waals surface area (Å²) in [7, 11) is -4.17. The van der Waals surface area contributed by atoms with Crippen LogP contribution < -0.4 is 15.5 Å². The molecule has 2 aromatic carbocycles. The summed E-state index contributed by atoms with van der Waals surface area (Å²) in [5, 5.41) is 0.715. The molecule has 0 radical (unpaired) electrons. The minimum Gasteiger partial charge on any atom is -0.793 e. The van der Waals surface area contributed by atoms with E-state index in [4.69, 9.17) is 0 Å². The lowest BCUT2D eigenvalue weighted by atomic mass is 10.4. The highest BCUT2D eigenvalue weighted by Crippen LogP contribution is 2.60. The summed E-state index contributed by atoms with van der Waals surface area (Å²) in [4.78, 5) is 12.1. The summed E-state index contributed by atoms with van der Waals surface area (Å²) in [6, 6.07) is 16.9. The molecule has 0 saturated heterocycles. The highest BCUT2D eigenvalue weighted by molar-refractivity contribution is 7.75. The van der Waals surface area contributed by atoms with Crippen molar-refractivity contribution >= 4 is 25.2 Å². The topological polar surface area (TPSA) is 40.1 Å². The van der Waals surface area contributed by atoms with Gasteiger partial charge in [-0.1, -0.05) is 101 Å². The zero-order chi connectivity index (χ0) is 22.3. The summed E-state index contributed by atoms with van der Waals surface area (Å²) >= 11 is 0. The smallest absolute Gasteiger partial charge is 0.0720 e. The molecule has 168 valence electrons. The second kappa shape index (κ2) is 15.0. The van der Waals surface area contributed by atoms with Crippen LogP contribution in [0.1, 0.15) is 66.2 Å². The van der Waals surface area contributed by atoms with E-state index in [2.05, 4.69) is 27.7 Å². The van der Waals surface area contributed by atoms with Gasteiger partial charge in [0.15, 0.2) is 0 Å². The van der Waals surface area contributed by atoms with Crippen molar-refractivity contribution in [3.8, 4) is 0 Å². The van der Waals surface area contributed by atoms with Crippen LogP contribution >= 0.6 is 14.6 Å². The zero-order valence-electron chi connectivity index (χ0n) is 19.6. The SMILES string of the molecule is CCCC[P+](CC)(CCCC)CCCC.O=P([O-])(c1ccccc1)c1ccccc1. The van der Waals surface area contributed by atoms with E-state index in [1.54, 1.807) is 79.1 Å². The van der Waals surface area contributed by atoms with E-state index in [0.717, 1.165) is 0 Å². The number of unbranched alkanes of at least 4 members (excludes halogenated alkanes) is 3. The van der Waals surface area contributed by atoms with Crippen molar-refractivity contribution in [2.45, 2.75) is 66.2 Å². The van der Waals surface area contributed by atoms with Gasteiger partial charge >= 0.3 is 0 Å². The Balaban J connectivity index is 0.000000300. The minimum absolute atomic E-state index is 0.358. The molecule has 0 unspecified atom stereocenters. The molecule has 0 aliphatic rings. The van der Waals surface area contributed by atoms with Crippen LogP contribution in [0.25, 0.3) is 0 Å². The molecule has 0 N–H and O–H groups in total. The number of benzene rings is 2. The van der Waals surface area contributed by atoms with Crippen molar-refractivity contribution < 1.29 is 9.46 Å². The summed E-state index contributed by atoms with van der Waals surface area (Å²) in [6.45, 7) is 9.46. The maximum Gasteiger partial charge on any atom is 0.0720 e. The molecule has 30 heavy (non-hydrogen) atoms. The van der Waals surface area contributed by atoms with Crippen LogP contribution in [-0.2, 0) is 4.57 Å². The van der Waals surface area contributed by atoms with E-state index in [0.29, 0.717) is 10.6 Å². The monoisotopic (exact) mass is 448 g/mol. The van der Waals surface area contributed by atoms with Crippen LogP contribution in [0, 0.1) is 0 Å². The molecule has 0 spiro atoms. The van der Waals surface area contributed by atoms with E-state index >= 15 is 0 Å². The minimum atomic E-state index is -3.65. The Labute approximate surface area is 186 Å². The third kappa shape index (κ3) is 9.05. The Morgan fingerprint density at radius 3 is 1.27 bits per heavy atom. The van der Waals surface area contributed by atoms with Gasteiger partial charge in [-0.05, 0) is 26.2 Å². The van der Waals surface area contributed by atoms with Gasteiger partial charge in [-0.15, -0.1) is 0 Å². The van der Waals surface area contributed by atoms with E-state index in [1.807, 2.05) is 0 Å². The molecule has 0 amide bonds. The van der Waals surface area contributed by atoms with Gasteiger partial charge in [-0.3, -0.25) is 0 Å². The van der Waals surface area contributed by atoms with Crippen molar-refractivity contribution in [2.24, 2.45) is 0 Å². The van der Waals surface area contributed by atoms with Gasteiger partial charge in [0.05, 0.1) is 32.0 Å². The number of hydrogen-bond donors (Lipinski definition) is 0. The molecule has 0 aliphatic heterocycles. The van der Waals surface area contributed by atoms with Gasteiger partial charge in [0.25, 0.3) is 0 Å². The summed E-state index contributed by atoms with van der Waals surface area (Å²) in [5.74, 6) is 0. The van der Waals surface area contributed by atoms with Crippen molar-refractivity contribution in [1.29, 1.82) is 0 Å². The van der Waals surface area contributed by atoms with Crippen molar-refractivity contribution in [1.82, 2.24) is 0 Å². The molecule has 0 aromatic heterocycles. The Kier molecular flexibility index (Phi) is 13.5. The normalized spacial score (nSPS) is 11.6. The standard InChI is InChI=1S/C14H32P.C12H11O2P/c1-5-9-12-15(8-4,13-10-6-2)14-11-7-3;13-15(14,11-7-3-1-4-8-11)12-9-5-2-6-10-12/h5-14H2,1-4H3;1-10H,(H,13,14)/q+1;/p-1. The first-order valence-electron chi connectivity index (χ1n) is 11.7. The maximum absolute atomic E-state index is 12.1. The molecule has 0 heterocycles. The molecule has 0 saturated carbocycles. The second-order valence-electron chi connectivity index (χ2n) is 8.11. The lowest BCUT2D eigenvalue weighted by Crippen LogP contribution is -2.24. The lowest BCUT2D eigenvalue weighted by Gasteiger charge is -2.26. The third-order valence-electron chi connectivity index (χ3n) is 5.82. The molecule has 0 atom stereocenters. The predicted octanol–water partition coefficient (Wildman–Crippen LogP) is 6.70. The Morgan fingerprint density at radius 2 is 1.00 bits per heavy atom. The van der Waals surface area contributed by atoms with Crippen molar-refractivity contribution in [3.63, 3.8) is 0 Å². The number of rotatable bonds is 12. The van der Waals surface area contributed by atoms with E-state index in [1.165, 1.54) is 44.7 Å². The van der Waals surface area contributed by atoms with Gasteiger partial charge in [0.1, 0.15) is 0 Å². The fourth-order valence-corrected chi connectivity index (χ4v) is 9.70. The molecular weight excluding hydrogens is 406 g/mol. The van der Waals surface area contributed by atoms with Crippen LogP contribution in [0.15, 0.2) is 60.7 Å². The highest BCUT2D eigenvalue weighted by atomic mass is 31.2. The molecular formula is C26H42O2P2. The van der Waals surface area contributed by atoms with Crippen LogP contribution in [0.5, 0.6) is 0 Å². The Bertz CT molecular complexity index is 651. The van der Waals surface area contributed by atoms with E-state index < -0.39 is 14.6 Å². The first-order valence-corrected chi connectivity index (χ1v) is 15.9. The Morgan fingerprint density at radius 1 is 0.667 bits per heavy atom. The highest BCUT2D eigenvalue weighted by Gasteiger charge is 2.32. The first-order chi connectivity index (χ1) is 14.5. The van der Waals surface area contributed by atoms with Gasteiger partial charge in [-0.25, -0.2) is 0 Å². The van der Waals surface area contributed by atoms with Crippen LogP contribution in [0.3, 0.4) is 0 Å². The van der Waals surface area contributed by atoms with Crippen LogP contribution in [0.2, 0.25) is 0 Å². The quantitative estimate of drug-likeness (QED) is 0.339. The second-order valence-corrected chi connectivity index (χ2v) is 14.9. The van der Waals surface area contributed by atoms with Crippen LogP contribution in [-0.4, -0.2) is 24.6 Å². The van der Waals surface area contributed by atoms with Gasteiger partial charge in [-0.2, -0.15) is 0 Å². The lowest BCUT2D eigenvalue weighted by molar-refractivity contribution is -0.167. The molecule has 2 nitrogen and oxygen atoms in total. The van der Waals surface area contributed by atoms with Crippen molar-refractivity contribution in [3.05, 3.63) is 60.7 Å². The average molecular weight is 449 g/mol. The number of hydrogen-bond acceptors (Lipinski definition) is 2. The first kappa shape index (κ1) is 27.1. The molecule has 0 bridgehead atoms. The summed E-state index contributed by atoms with van der Waals surface area (Å²) < 4.78 is 12.1. The molecule has 2 aromatic rings. The van der Waals surface area contributed by atoms with Crippen LogP contribution in [0.4, 0.5) is 0 Å². The largest absolute Gasteiger partial charge is 0.793 e. The van der Waals surface area contributed by atoms with Gasteiger partial charge < -0.3 is 9.46 Å². The predicted molar refractivity (Wildman–Crippen MR) is 137 cm³/mol.